The third-order valence-corrected chi connectivity index (χ3v) is 4.29. The number of rotatable bonds is 3. The van der Waals surface area contributed by atoms with Gasteiger partial charge in [-0.15, -0.1) is 0 Å². The summed E-state index contributed by atoms with van der Waals surface area (Å²) in [4.78, 5) is 25.0. The molecule has 0 aliphatic carbocycles. The minimum Gasteiger partial charge on any atom is -0.486 e. The second-order valence-corrected chi connectivity index (χ2v) is 6.11. The van der Waals surface area contributed by atoms with Crippen LogP contribution >= 0.6 is 0 Å². The Morgan fingerprint density at radius 2 is 2.00 bits per heavy atom. The molecule has 122 valence electrons. The van der Waals surface area contributed by atoms with Crippen LogP contribution in [0.5, 0.6) is 11.5 Å². The zero-order valence-corrected chi connectivity index (χ0v) is 12.9. The minimum atomic E-state index is -0.858. The summed E-state index contributed by atoms with van der Waals surface area (Å²) in [5, 5.41) is 9.21. The van der Waals surface area contributed by atoms with Crippen molar-refractivity contribution in [2.45, 2.75) is 13.3 Å². The Bertz CT molecular complexity index is 669. The average Bonchev–Trinajstić information content (AvgIpc) is 2.96. The number of hydrogen-bond donors (Lipinski definition) is 1. The predicted octanol–water partition coefficient (Wildman–Crippen LogP) is 1.79. The molecule has 1 aromatic rings. The van der Waals surface area contributed by atoms with Gasteiger partial charge in [0.25, 0.3) is 0 Å². The lowest BCUT2D eigenvalue weighted by molar-refractivity contribution is -0.147. The first-order valence-electron chi connectivity index (χ1n) is 7.58. The molecule has 2 aliphatic heterocycles. The summed E-state index contributed by atoms with van der Waals surface area (Å²) in [5.74, 6) is 0.343. The number of nitrogens with zero attached hydrogens (tertiary/aromatic N) is 1. The molecule has 1 fully saturated rings. The van der Waals surface area contributed by atoms with E-state index in [9.17, 15) is 14.7 Å². The zero-order chi connectivity index (χ0) is 16.4. The Hall–Kier alpha value is -2.50. The number of hydrogen-bond acceptors (Lipinski definition) is 4. The molecule has 2 heterocycles. The standard InChI is InChI=1S/C17H19NO5/c1-17(16(20)21)6-7-18(11-17)15(19)5-3-12-2-4-13-14(10-12)23-9-8-22-13/h2-5,10H,6-9,11H2,1H3,(H,20,21)/b5-3+. The van der Waals surface area contributed by atoms with Gasteiger partial charge in [-0.1, -0.05) is 6.07 Å². The number of aliphatic carboxylic acids is 1. The molecule has 6 nitrogen and oxygen atoms in total. The van der Waals surface area contributed by atoms with Gasteiger partial charge in [0.1, 0.15) is 13.2 Å². The number of carbonyl (C=O) groups is 2. The van der Waals surface area contributed by atoms with Crippen molar-refractivity contribution in [2.75, 3.05) is 26.3 Å². The van der Waals surface area contributed by atoms with Gasteiger partial charge in [-0.05, 0) is 37.1 Å². The Labute approximate surface area is 134 Å². The second-order valence-electron chi connectivity index (χ2n) is 6.11. The molecule has 0 aromatic heterocycles. The second kappa shape index (κ2) is 5.95. The lowest BCUT2D eigenvalue weighted by atomic mass is 9.90. The largest absolute Gasteiger partial charge is 0.486 e. The Kier molecular flexibility index (Phi) is 3.98. The number of carbonyl (C=O) groups excluding carboxylic acids is 1. The lowest BCUT2D eigenvalue weighted by Crippen LogP contribution is -2.34. The van der Waals surface area contributed by atoms with E-state index in [-0.39, 0.29) is 12.5 Å². The van der Waals surface area contributed by atoms with Crippen molar-refractivity contribution >= 4 is 18.0 Å². The fourth-order valence-electron chi connectivity index (χ4n) is 2.76. The minimum absolute atomic E-state index is 0.176. The number of carboxylic acids is 1. The third kappa shape index (κ3) is 3.16. The molecule has 1 amide bonds. The van der Waals surface area contributed by atoms with Crippen LogP contribution in [0.15, 0.2) is 24.3 Å². The van der Waals surface area contributed by atoms with Gasteiger partial charge < -0.3 is 19.5 Å². The molecule has 6 heteroatoms. The molecule has 1 unspecified atom stereocenters. The number of benzene rings is 1. The highest BCUT2D eigenvalue weighted by Crippen LogP contribution is 2.32. The van der Waals surface area contributed by atoms with Crippen molar-refractivity contribution in [1.82, 2.24) is 4.90 Å². The summed E-state index contributed by atoms with van der Waals surface area (Å²) in [6.07, 6.45) is 3.65. The molecule has 1 N–H and O–H groups in total. The van der Waals surface area contributed by atoms with Gasteiger partial charge in [-0.2, -0.15) is 0 Å². The molecule has 3 rings (SSSR count). The van der Waals surface area contributed by atoms with E-state index >= 15 is 0 Å². The summed E-state index contributed by atoms with van der Waals surface area (Å²) in [7, 11) is 0. The van der Waals surface area contributed by atoms with Crippen molar-refractivity contribution < 1.29 is 24.2 Å². The highest BCUT2D eigenvalue weighted by Gasteiger charge is 2.41. The van der Waals surface area contributed by atoms with Crippen LogP contribution in [0.25, 0.3) is 6.08 Å². The normalized spacial score (nSPS) is 23.3. The van der Waals surface area contributed by atoms with E-state index in [0.29, 0.717) is 37.7 Å². The number of ether oxygens (including phenoxy) is 2. The first-order chi connectivity index (χ1) is 11.0. The molecule has 2 aliphatic rings. The highest BCUT2D eigenvalue weighted by molar-refractivity contribution is 5.92. The number of likely N-dealkylation sites (tertiary alicyclic amines) is 1. The summed E-state index contributed by atoms with van der Waals surface area (Å²) < 4.78 is 11.0. The van der Waals surface area contributed by atoms with E-state index in [1.54, 1.807) is 17.9 Å². The average molecular weight is 317 g/mol. The molecule has 0 saturated carbocycles. The molecular formula is C17H19NO5. The number of carboxylic acid groups (broad SMARTS) is 1. The van der Waals surface area contributed by atoms with Crippen LogP contribution < -0.4 is 9.47 Å². The van der Waals surface area contributed by atoms with Gasteiger partial charge in [0.15, 0.2) is 11.5 Å². The molecule has 0 radical (unpaired) electrons. The molecule has 23 heavy (non-hydrogen) atoms. The summed E-state index contributed by atoms with van der Waals surface area (Å²) >= 11 is 0. The van der Waals surface area contributed by atoms with Crippen molar-refractivity contribution in [3.63, 3.8) is 0 Å². The zero-order valence-electron chi connectivity index (χ0n) is 12.9. The summed E-state index contributed by atoms with van der Waals surface area (Å²) in [6.45, 7) is 3.44. The third-order valence-electron chi connectivity index (χ3n) is 4.29. The van der Waals surface area contributed by atoms with Gasteiger partial charge in [0, 0.05) is 19.2 Å². The van der Waals surface area contributed by atoms with Crippen molar-refractivity contribution in [3.8, 4) is 11.5 Å². The van der Waals surface area contributed by atoms with Gasteiger partial charge in [0.05, 0.1) is 5.41 Å². The van der Waals surface area contributed by atoms with Crippen LogP contribution in [0.3, 0.4) is 0 Å². The molecule has 0 bridgehead atoms. The van der Waals surface area contributed by atoms with Crippen molar-refractivity contribution in [2.24, 2.45) is 5.41 Å². The Morgan fingerprint density at radius 1 is 1.26 bits per heavy atom. The van der Waals surface area contributed by atoms with Gasteiger partial charge in [0.2, 0.25) is 5.91 Å². The number of amides is 1. The Balaban J connectivity index is 1.66. The van der Waals surface area contributed by atoms with E-state index < -0.39 is 11.4 Å². The van der Waals surface area contributed by atoms with Crippen LogP contribution in [0, 0.1) is 5.41 Å². The maximum absolute atomic E-state index is 12.2. The fourth-order valence-corrected chi connectivity index (χ4v) is 2.76. The topological polar surface area (TPSA) is 76.1 Å². The van der Waals surface area contributed by atoms with Gasteiger partial charge >= 0.3 is 5.97 Å². The van der Waals surface area contributed by atoms with Crippen LogP contribution in [0.4, 0.5) is 0 Å². The van der Waals surface area contributed by atoms with E-state index in [2.05, 4.69) is 0 Å². The Morgan fingerprint density at radius 3 is 2.70 bits per heavy atom. The van der Waals surface area contributed by atoms with E-state index in [0.717, 1.165) is 5.56 Å². The van der Waals surface area contributed by atoms with Crippen molar-refractivity contribution in [3.05, 3.63) is 29.8 Å². The van der Waals surface area contributed by atoms with Crippen molar-refractivity contribution in [1.29, 1.82) is 0 Å². The number of fused-ring (bicyclic) bond motifs is 1. The SMILES string of the molecule is CC1(C(=O)O)CCN(C(=O)/C=C/c2ccc3c(c2)OCCO3)C1. The molecule has 1 saturated heterocycles. The van der Waals surface area contributed by atoms with Crippen LogP contribution in [-0.4, -0.2) is 48.2 Å². The molecule has 0 spiro atoms. The van der Waals surface area contributed by atoms with E-state index in [1.165, 1.54) is 6.08 Å². The molecule has 1 aromatic carbocycles. The van der Waals surface area contributed by atoms with Crippen LogP contribution in [0.2, 0.25) is 0 Å². The quantitative estimate of drug-likeness (QED) is 0.860. The highest BCUT2D eigenvalue weighted by atomic mass is 16.6. The smallest absolute Gasteiger partial charge is 0.311 e. The fraction of sp³-hybridized carbons (Fsp3) is 0.412. The molecule has 1 atom stereocenters. The van der Waals surface area contributed by atoms with Gasteiger partial charge in [-0.25, -0.2) is 0 Å². The van der Waals surface area contributed by atoms with Crippen LogP contribution in [-0.2, 0) is 9.59 Å². The van der Waals surface area contributed by atoms with E-state index in [4.69, 9.17) is 9.47 Å². The summed E-state index contributed by atoms with van der Waals surface area (Å²) in [6, 6.07) is 5.49. The molecular weight excluding hydrogens is 298 g/mol. The monoisotopic (exact) mass is 317 g/mol. The summed E-state index contributed by atoms with van der Waals surface area (Å²) in [5.41, 5.74) is -0.0108. The lowest BCUT2D eigenvalue weighted by Gasteiger charge is -2.19. The first kappa shape index (κ1) is 15.4. The maximum atomic E-state index is 12.2. The van der Waals surface area contributed by atoms with E-state index in [1.807, 2.05) is 18.2 Å². The predicted molar refractivity (Wildman–Crippen MR) is 83.4 cm³/mol. The first-order valence-corrected chi connectivity index (χ1v) is 7.58. The maximum Gasteiger partial charge on any atom is 0.311 e. The van der Waals surface area contributed by atoms with Gasteiger partial charge in [-0.3, -0.25) is 9.59 Å². The van der Waals surface area contributed by atoms with Crippen LogP contribution in [0.1, 0.15) is 18.9 Å².